The van der Waals surface area contributed by atoms with Gasteiger partial charge in [-0.1, -0.05) is 0 Å². The van der Waals surface area contributed by atoms with Crippen LogP contribution in [0, 0.1) is 0 Å². The van der Waals surface area contributed by atoms with E-state index in [9.17, 15) is 0 Å². The molecule has 0 bridgehead atoms. The van der Waals surface area contributed by atoms with E-state index in [1.165, 1.54) is 23.1 Å². The van der Waals surface area contributed by atoms with Gasteiger partial charge in [-0.2, -0.15) is 5.10 Å². The monoisotopic (exact) mass is 197 g/mol. The molecule has 1 aromatic carbocycles. The number of oxazole rings is 1. The normalized spacial score (nSPS) is 13.1. The second-order valence-corrected chi connectivity index (χ2v) is 3.74. The Morgan fingerprint density at radius 2 is 2.33 bits per heavy atom. The van der Waals surface area contributed by atoms with Gasteiger partial charge in [0.05, 0.1) is 11.9 Å². The van der Waals surface area contributed by atoms with Gasteiger partial charge in [0.1, 0.15) is 5.52 Å². The first-order valence-electron chi connectivity index (χ1n) is 4.81. The lowest BCUT2D eigenvalue weighted by atomic mass is 10.1. The Balaban J connectivity index is 2.16. The molecule has 72 valence electrons. The number of nitrogens with zero attached hydrogens (tertiary/aromatic N) is 2. The summed E-state index contributed by atoms with van der Waals surface area (Å²) < 4.78 is 5.28. The summed E-state index contributed by atoms with van der Waals surface area (Å²) >= 11 is 0. The van der Waals surface area contributed by atoms with Gasteiger partial charge in [0.2, 0.25) is 0 Å². The lowest BCUT2D eigenvalue weighted by Crippen LogP contribution is -1.84. The number of aromatic amines is 1. The highest BCUT2D eigenvalue weighted by molar-refractivity contribution is 5.88. The van der Waals surface area contributed by atoms with Gasteiger partial charge in [-0.3, -0.25) is 5.10 Å². The topological polar surface area (TPSA) is 54.7 Å². The van der Waals surface area contributed by atoms with E-state index < -0.39 is 0 Å². The van der Waals surface area contributed by atoms with Crippen LogP contribution in [0.4, 0.5) is 0 Å². The van der Waals surface area contributed by atoms with Gasteiger partial charge in [-0.05, 0) is 17.7 Å². The van der Waals surface area contributed by atoms with Crippen LogP contribution in [0.1, 0.15) is 11.1 Å². The third-order valence-electron chi connectivity index (χ3n) is 2.96. The van der Waals surface area contributed by atoms with Crippen molar-refractivity contribution in [3.63, 3.8) is 0 Å². The van der Waals surface area contributed by atoms with E-state index in [0.29, 0.717) is 0 Å². The molecule has 0 fully saturated rings. The Morgan fingerprint density at radius 1 is 1.33 bits per heavy atom. The van der Waals surface area contributed by atoms with Crippen LogP contribution in [-0.4, -0.2) is 15.2 Å². The Kier molecular flexibility index (Phi) is 1.10. The molecule has 1 aliphatic rings. The molecule has 2 heterocycles. The number of nitrogens with one attached hydrogen (secondary N) is 1. The maximum absolute atomic E-state index is 5.28. The summed E-state index contributed by atoms with van der Waals surface area (Å²) in [6, 6.07) is 4.02. The van der Waals surface area contributed by atoms with Crippen LogP contribution in [-0.2, 0) is 6.42 Å². The molecule has 1 aliphatic carbocycles. The van der Waals surface area contributed by atoms with E-state index >= 15 is 0 Å². The van der Waals surface area contributed by atoms with Gasteiger partial charge in [-0.15, -0.1) is 0 Å². The minimum Gasteiger partial charge on any atom is -0.443 e. The molecule has 3 aromatic rings. The molecule has 1 N–H and O–H groups in total. The summed E-state index contributed by atoms with van der Waals surface area (Å²) in [6.45, 7) is 0. The van der Waals surface area contributed by atoms with Crippen LogP contribution in [0.5, 0.6) is 0 Å². The summed E-state index contributed by atoms with van der Waals surface area (Å²) in [5.41, 5.74) is 6.62. The summed E-state index contributed by atoms with van der Waals surface area (Å²) in [6.07, 6.45) is 4.27. The van der Waals surface area contributed by atoms with Crippen LogP contribution in [0.25, 0.3) is 22.4 Å². The molecule has 0 atom stereocenters. The first-order valence-corrected chi connectivity index (χ1v) is 4.81. The average Bonchev–Trinajstić information content (AvgIpc) is 2.90. The summed E-state index contributed by atoms with van der Waals surface area (Å²) in [5.74, 6) is 0. The molecule has 0 saturated carbocycles. The van der Waals surface area contributed by atoms with Crippen LogP contribution >= 0.6 is 0 Å². The Labute approximate surface area is 84.9 Å². The number of aromatic nitrogens is 3. The van der Waals surface area contributed by atoms with E-state index in [1.54, 1.807) is 0 Å². The predicted molar refractivity (Wildman–Crippen MR) is 54.4 cm³/mol. The van der Waals surface area contributed by atoms with Gasteiger partial charge in [0.15, 0.2) is 12.0 Å². The molecule has 0 saturated heterocycles. The molecule has 15 heavy (non-hydrogen) atoms. The van der Waals surface area contributed by atoms with Crippen LogP contribution < -0.4 is 0 Å². The Morgan fingerprint density at radius 3 is 3.33 bits per heavy atom. The number of hydrogen-bond donors (Lipinski definition) is 1. The van der Waals surface area contributed by atoms with E-state index in [-0.39, 0.29) is 0 Å². The zero-order chi connectivity index (χ0) is 9.83. The number of fused-ring (bicyclic) bond motifs is 5. The van der Waals surface area contributed by atoms with E-state index in [1.807, 2.05) is 12.3 Å². The van der Waals surface area contributed by atoms with Gasteiger partial charge >= 0.3 is 0 Å². The lowest BCUT2D eigenvalue weighted by molar-refractivity contribution is 0.602. The standard InChI is InChI=1S/C11H7N3O/c1-2-9-11(12-5-15-9)8-3-6-4-13-14-10(6)7(1)8/h1-2,4-5H,3H2,(H,13,14). The van der Waals surface area contributed by atoms with Gasteiger partial charge < -0.3 is 4.42 Å². The molecule has 2 aromatic heterocycles. The fourth-order valence-electron chi connectivity index (χ4n) is 2.27. The SMILES string of the molecule is c1nc2c3c(ccc2o1)-c1[nH]ncc1C3. The fraction of sp³-hybridized carbons (Fsp3) is 0.0909. The highest BCUT2D eigenvalue weighted by Gasteiger charge is 2.23. The molecule has 4 heteroatoms. The Bertz CT molecular complexity index is 665. The summed E-state index contributed by atoms with van der Waals surface area (Å²) in [7, 11) is 0. The zero-order valence-corrected chi connectivity index (χ0v) is 7.82. The van der Waals surface area contributed by atoms with Crippen molar-refractivity contribution in [3.8, 4) is 11.3 Å². The number of benzene rings is 1. The lowest BCUT2D eigenvalue weighted by Gasteiger charge is -1.98. The van der Waals surface area contributed by atoms with E-state index in [0.717, 1.165) is 23.2 Å². The van der Waals surface area contributed by atoms with Crippen molar-refractivity contribution in [2.24, 2.45) is 0 Å². The quantitative estimate of drug-likeness (QED) is 0.469. The van der Waals surface area contributed by atoms with Crippen molar-refractivity contribution in [3.05, 3.63) is 35.9 Å². The summed E-state index contributed by atoms with van der Waals surface area (Å²) in [4.78, 5) is 4.25. The molecule has 0 aliphatic heterocycles. The van der Waals surface area contributed by atoms with Crippen LogP contribution in [0.15, 0.2) is 29.1 Å². The van der Waals surface area contributed by atoms with E-state index in [2.05, 4.69) is 21.2 Å². The first kappa shape index (κ1) is 7.23. The zero-order valence-electron chi connectivity index (χ0n) is 7.82. The molecular formula is C11H7N3O. The van der Waals surface area contributed by atoms with E-state index in [4.69, 9.17) is 4.42 Å². The molecule has 4 rings (SSSR count). The van der Waals surface area contributed by atoms with Crippen molar-refractivity contribution in [2.75, 3.05) is 0 Å². The highest BCUT2D eigenvalue weighted by Crippen LogP contribution is 2.38. The van der Waals surface area contributed by atoms with Crippen molar-refractivity contribution < 1.29 is 4.42 Å². The molecular weight excluding hydrogens is 190 g/mol. The van der Waals surface area contributed by atoms with Gasteiger partial charge in [0.25, 0.3) is 0 Å². The average molecular weight is 197 g/mol. The largest absolute Gasteiger partial charge is 0.443 e. The third-order valence-corrected chi connectivity index (χ3v) is 2.96. The number of H-pyrrole nitrogens is 1. The fourth-order valence-corrected chi connectivity index (χ4v) is 2.27. The molecule has 0 spiro atoms. The number of hydrogen-bond acceptors (Lipinski definition) is 3. The smallest absolute Gasteiger partial charge is 0.181 e. The first-order chi connectivity index (χ1) is 7.43. The third kappa shape index (κ3) is 0.771. The van der Waals surface area contributed by atoms with Crippen molar-refractivity contribution in [1.29, 1.82) is 0 Å². The molecule has 0 radical (unpaired) electrons. The summed E-state index contributed by atoms with van der Waals surface area (Å²) in [5, 5.41) is 7.06. The molecule has 0 amide bonds. The van der Waals surface area contributed by atoms with Crippen molar-refractivity contribution in [1.82, 2.24) is 15.2 Å². The van der Waals surface area contributed by atoms with Crippen molar-refractivity contribution in [2.45, 2.75) is 6.42 Å². The minimum atomic E-state index is 0.854. The highest BCUT2D eigenvalue weighted by atomic mass is 16.3. The van der Waals surface area contributed by atoms with Crippen molar-refractivity contribution >= 4 is 11.1 Å². The van der Waals surface area contributed by atoms with Crippen LogP contribution in [0.3, 0.4) is 0 Å². The minimum absolute atomic E-state index is 0.854. The predicted octanol–water partition coefficient (Wildman–Crippen LogP) is 2.12. The van der Waals surface area contributed by atoms with Gasteiger partial charge in [-0.25, -0.2) is 4.98 Å². The molecule has 4 nitrogen and oxygen atoms in total. The maximum atomic E-state index is 5.28. The second-order valence-electron chi connectivity index (χ2n) is 3.74. The molecule has 0 unspecified atom stereocenters. The van der Waals surface area contributed by atoms with Crippen LogP contribution in [0.2, 0.25) is 0 Å². The Hall–Kier alpha value is -2.10. The van der Waals surface area contributed by atoms with Gasteiger partial charge in [0, 0.05) is 17.5 Å². The maximum Gasteiger partial charge on any atom is 0.181 e. The second kappa shape index (κ2) is 2.28. The number of rotatable bonds is 0.